The van der Waals surface area contributed by atoms with Gasteiger partial charge in [0.25, 0.3) is 0 Å². The van der Waals surface area contributed by atoms with Crippen LogP contribution in [0, 0.1) is 5.92 Å². The average Bonchev–Trinajstić information content (AvgIpc) is 3.04. The van der Waals surface area contributed by atoms with Crippen molar-refractivity contribution in [2.75, 3.05) is 0 Å². The molecule has 0 spiro atoms. The summed E-state index contributed by atoms with van der Waals surface area (Å²) in [5.74, 6) is 0.773. The van der Waals surface area contributed by atoms with Crippen molar-refractivity contribution in [3.63, 3.8) is 0 Å². The molecule has 2 aromatic rings. The van der Waals surface area contributed by atoms with E-state index in [4.69, 9.17) is 0 Å². The number of hydrogen-bond donors (Lipinski definition) is 0. The lowest BCUT2D eigenvalue weighted by Gasteiger charge is -2.19. The molecule has 0 heterocycles. The zero-order chi connectivity index (χ0) is 18.1. The maximum atomic E-state index is 2.52. The van der Waals surface area contributed by atoms with E-state index in [-0.39, 0.29) is 5.41 Å². The largest absolute Gasteiger partial charge is 0.0741 e. The van der Waals surface area contributed by atoms with Gasteiger partial charge in [-0.2, -0.15) is 0 Å². The van der Waals surface area contributed by atoms with Crippen molar-refractivity contribution in [1.82, 2.24) is 0 Å². The van der Waals surface area contributed by atoms with Crippen LogP contribution in [0.2, 0.25) is 0 Å². The second-order valence-electron chi connectivity index (χ2n) is 8.99. The molecule has 0 amide bonds. The quantitative estimate of drug-likeness (QED) is 0.653. The zero-order valence-electron chi connectivity index (χ0n) is 16.4. The summed E-state index contributed by atoms with van der Waals surface area (Å²) in [6.07, 6.45) is 14.2. The molecule has 0 N–H and O–H groups in total. The molecule has 0 heteroatoms. The molecule has 134 valence electrons. The van der Waals surface area contributed by atoms with Crippen molar-refractivity contribution in [2.45, 2.75) is 58.3 Å². The molecule has 2 aromatic carbocycles. The molecular formula is C26H30. The molecule has 0 bridgehead atoms. The number of rotatable bonds is 2. The van der Waals surface area contributed by atoms with Gasteiger partial charge in [-0.3, -0.25) is 0 Å². The summed E-state index contributed by atoms with van der Waals surface area (Å²) in [6, 6.07) is 15.8. The molecule has 1 fully saturated rings. The molecule has 0 unspecified atom stereocenters. The molecule has 26 heavy (non-hydrogen) atoms. The molecule has 0 aromatic heterocycles. The summed E-state index contributed by atoms with van der Waals surface area (Å²) < 4.78 is 0. The molecule has 4 rings (SSSR count). The normalized spacial score (nSPS) is 19.1. The number of benzene rings is 2. The van der Waals surface area contributed by atoms with E-state index < -0.39 is 0 Å². The van der Waals surface area contributed by atoms with Crippen LogP contribution in [0.4, 0.5) is 0 Å². The fourth-order valence-electron chi connectivity index (χ4n) is 4.33. The van der Waals surface area contributed by atoms with Gasteiger partial charge in [0.05, 0.1) is 0 Å². The van der Waals surface area contributed by atoms with Crippen LogP contribution >= 0.6 is 0 Å². The lowest BCUT2D eigenvalue weighted by atomic mass is 9.86. The minimum absolute atomic E-state index is 0.201. The summed E-state index contributed by atoms with van der Waals surface area (Å²) in [5.41, 5.74) is 5.67. The van der Waals surface area contributed by atoms with Gasteiger partial charge in [0.15, 0.2) is 0 Å². The molecule has 0 aliphatic heterocycles. The predicted molar refractivity (Wildman–Crippen MR) is 113 cm³/mol. The Morgan fingerprint density at radius 2 is 1.58 bits per heavy atom. The van der Waals surface area contributed by atoms with Crippen LogP contribution in [-0.2, 0) is 5.41 Å². The topological polar surface area (TPSA) is 0 Å². The Kier molecular flexibility index (Phi) is 4.61. The minimum Gasteiger partial charge on any atom is -0.0741 e. The summed E-state index contributed by atoms with van der Waals surface area (Å²) >= 11 is 0. The Balaban J connectivity index is 1.70. The van der Waals surface area contributed by atoms with E-state index in [0.29, 0.717) is 0 Å². The van der Waals surface area contributed by atoms with Crippen molar-refractivity contribution >= 4 is 12.2 Å². The molecule has 1 saturated carbocycles. The first-order valence-electron chi connectivity index (χ1n) is 10.2. The van der Waals surface area contributed by atoms with E-state index in [1.54, 1.807) is 0 Å². The fraction of sp³-hybridized carbons (Fsp3) is 0.385. The number of fused-ring (bicyclic) bond motifs is 1. The fourth-order valence-corrected chi connectivity index (χ4v) is 4.33. The van der Waals surface area contributed by atoms with E-state index in [2.05, 4.69) is 81.5 Å². The standard InChI is InChI=1S/C26H30/c1-26(2,3)23-14-12-21(13-15-23)24-11-7-10-22-17-20(18-25(22)24)16-19-8-5-4-6-9-19/h7,10-19H,4-6,8-9H2,1-3H3. The monoisotopic (exact) mass is 342 g/mol. The number of hydrogen-bond acceptors (Lipinski definition) is 0. The second kappa shape index (κ2) is 6.91. The predicted octanol–water partition coefficient (Wildman–Crippen LogP) is 5.73. The van der Waals surface area contributed by atoms with Gasteiger partial charge in [-0.1, -0.05) is 88.6 Å². The third kappa shape index (κ3) is 3.56. The third-order valence-corrected chi connectivity index (χ3v) is 5.91. The maximum Gasteiger partial charge on any atom is -0.00994 e. The first-order chi connectivity index (χ1) is 12.5. The van der Waals surface area contributed by atoms with Crippen LogP contribution in [0.25, 0.3) is 23.3 Å². The van der Waals surface area contributed by atoms with Gasteiger partial charge >= 0.3 is 0 Å². The first-order valence-corrected chi connectivity index (χ1v) is 10.2. The van der Waals surface area contributed by atoms with Gasteiger partial charge in [-0.05, 0) is 69.0 Å². The van der Waals surface area contributed by atoms with Crippen molar-refractivity contribution in [3.05, 3.63) is 70.1 Å². The molecule has 2 aliphatic rings. The lowest BCUT2D eigenvalue weighted by Crippen LogP contribution is -2.23. The second-order valence-corrected chi connectivity index (χ2v) is 8.99. The Morgan fingerprint density at radius 1 is 0.846 bits per heavy atom. The SMILES string of the molecule is CC(C)(C)c1ccc(-c2cccc3c2=CC(=CC2CCCCC2)C=3)cc1. The van der Waals surface area contributed by atoms with Crippen molar-refractivity contribution < 1.29 is 0 Å². The molecule has 0 atom stereocenters. The van der Waals surface area contributed by atoms with Gasteiger partial charge < -0.3 is 0 Å². The van der Waals surface area contributed by atoms with E-state index >= 15 is 0 Å². The highest BCUT2D eigenvalue weighted by Crippen LogP contribution is 2.27. The highest BCUT2D eigenvalue weighted by Gasteiger charge is 2.15. The summed E-state index contributed by atoms with van der Waals surface area (Å²) in [5, 5.41) is 2.75. The van der Waals surface area contributed by atoms with Crippen LogP contribution in [0.15, 0.2) is 54.1 Å². The van der Waals surface area contributed by atoms with Crippen LogP contribution < -0.4 is 10.4 Å². The van der Waals surface area contributed by atoms with Gasteiger partial charge in [-0.25, -0.2) is 0 Å². The van der Waals surface area contributed by atoms with Crippen LogP contribution in [0.1, 0.15) is 58.4 Å². The number of allylic oxidation sites excluding steroid dienone is 2. The highest BCUT2D eigenvalue weighted by atomic mass is 14.2. The molecule has 0 nitrogen and oxygen atoms in total. The van der Waals surface area contributed by atoms with E-state index in [1.807, 2.05) is 0 Å². The Labute approximate surface area is 158 Å². The summed E-state index contributed by atoms with van der Waals surface area (Å²) in [7, 11) is 0. The highest BCUT2D eigenvalue weighted by molar-refractivity contribution is 5.78. The van der Waals surface area contributed by atoms with Gasteiger partial charge in [-0.15, -0.1) is 0 Å². The van der Waals surface area contributed by atoms with Crippen molar-refractivity contribution in [1.29, 1.82) is 0 Å². The van der Waals surface area contributed by atoms with Crippen molar-refractivity contribution in [2.24, 2.45) is 5.92 Å². The average molecular weight is 343 g/mol. The van der Waals surface area contributed by atoms with Crippen molar-refractivity contribution in [3.8, 4) is 11.1 Å². The first kappa shape index (κ1) is 17.3. The Bertz CT molecular complexity index is 927. The minimum atomic E-state index is 0.201. The van der Waals surface area contributed by atoms with Gasteiger partial charge in [0.1, 0.15) is 0 Å². The Hall–Kier alpha value is -2.08. The van der Waals surface area contributed by atoms with E-state index in [1.165, 1.54) is 64.8 Å². The molecule has 0 radical (unpaired) electrons. The van der Waals surface area contributed by atoms with Gasteiger partial charge in [0.2, 0.25) is 0 Å². The van der Waals surface area contributed by atoms with Crippen LogP contribution in [0.5, 0.6) is 0 Å². The smallest absolute Gasteiger partial charge is 0.00994 e. The van der Waals surface area contributed by atoms with Gasteiger partial charge in [0, 0.05) is 0 Å². The Morgan fingerprint density at radius 3 is 2.27 bits per heavy atom. The third-order valence-electron chi connectivity index (χ3n) is 5.91. The lowest BCUT2D eigenvalue weighted by molar-refractivity contribution is 0.419. The molecule has 0 saturated heterocycles. The van der Waals surface area contributed by atoms with E-state index in [0.717, 1.165) is 5.92 Å². The summed E-state index contributed by atoms with van der Waals surface area (Å²) in [6.45, 7) is 6.81. The summed E-state index contributed by atoms with van der Waals surface area (Å²) in [4.78, 5) is 0. The van der Waals surface area contributed by atoms with E-state index in [9.17, 15) is 0 Å². The molecule has 2 aliphatic carbocycles. The van der Waals surface area contributed by atoms with Crippen LogP contribution in [0.3, 0.4) is 0 Å². The van der Waals surface area contributed by atoms with Crippen LogP contribution in [-0.4, -0.2) is 0 Å². The molecular weight excluding hydrogens is 312 g/mol. The zero-order valence-corrected chi connectivity index (χ0v) is 16.4. The maximum absolute atomic E-state index is 2.52.